The first-order valence-corrected chi connectivity index (χ1v) is 15.3. The van der Waals surface area contributed by atoms with Gasteiger partial charge in [-0.15, -0.1) is 0 Å². The van der Waals surface area contributed by atoms with Gasteiger partial charge >= 0.3 is 0 Å². The monoisotopic (exact) mass is 653 g/mol. The van der Waals surface area contributed by atoms with Gasteiger partial charge in [-0.2, -0.15) is 4.98 Å². The second kappa shape index (κ2) is 11.7. The number of halogens is 1. The number of rotatable bonds is 9. The first-order valence-electron chi connectivity index (χ1n) is 13.4. The van der Waals surface area contributed by atoms with E-state index in [-0.39, 0.29) is 46.0 Å². The molecule has 1 fully saturated rings. The summed E-state index contributed by atoms with van der Waals surface area (Å²) in [6.45, 7) is 6.86. The molecule has 1 aliphatic heterocycles. The zero-order chi connectivity index (χ0) is 32.9. The minimum absolute atomic E-state index is 0.00352. The van der Waals surface area contributed by atoms with Crippen molar-refractivity contribution in [3.8, 4) is 5.75 Å². The van der Waals surface area contributed by atoms with Crippen molar-refractivity contribution in [2.24, 2.45) is 0 Å². The molecule has 1 aliphatic rings. The van der Waals surface area contributed by atoms with E-state index in [0.29, 0.717) is 16.8 Å². The third kappa shape index (κ3) is 7.74. The number of benzene rings is 2. The standard InChI is InChI=1S/C28H36ClN5O9S/c1-15-10-20(21(43-25(2,3)35)11-17(15)16-12-27(37,38)34-28(39,40)13-16)32-24-30-14-18(29)23(33-24)31-19-8-6-7-9-22(19)44(41,42)26(4,5)36/h6-11,14,16,34-40H,12-13H2,1-5H3,(H2,30,31,32,33). The normalized spacial score (nSPS) is 17.3. The number of aryl methyl sites for hydroxylation is 1. The molecule has 2 aromatic carbocycles. The number of nitrogens with one attached hydrogen (secondary N) is 3. The number of aromatic nitrogens is 2. The lowest BCUT2D eigenvalue weighted by Gasteiger charge is -2.41. The number of piperidine rings is 1. The Labute approximate surface area is 259 Å². The van der Waals surface area contributed by atoms with Crippen LogP contribution >= 0.6 is 11.6 Å². The van der Waals surface area contributed by atoms with Crippen molar-refractivity contribution in [1.29, 1.82) is 0 Å². The van der Waals surface area contributed by atoms with Gasteiger partial charge in [0.2, 0.25) is 33.4 Å². The molecule has 9 N–H and O–H groups in total. The average Bonchev–Trinajstić information content (AvgIpc) is 2.84. The molecular formula is C28H36ClN5O9S. The number of para-hydroxylation sites is 1. The van der Waals surface area contributed by atoms with E-state index in [1.165, 1.54) is 58.2 Å². The fourth-order valence-corrected chi connectivity index (χ4v) is 6.18. The van der Waals surface area contributed by atoms with Gasteiger partial charge < -0.3 is 46.0 Å². The minimum atomic E-state index is -4.17. The molecule has 4 rings (SSSR count). The van der Waals surface area contributed by atoms with Crippen LogP contribution in [0.1, 0.15) is 57.6 Å². The number of anilines is 4. The maximum absolute atomic E-state index is 13.0. The van der Waals surface area contributed by atoms with Gasteiger partial charge in [0.15, 0.2) is 10.8 Å². The summed E-state index contributed by atoms with van der Waals surface area (Å²) in [5, 5.41) is 69.2. The van der Waals surface area contributed by atoms with E-state index < -0.39 is 38.3 Å². The topological polar surface area (TPSA) is 227 Å². The van der Waals surface area contributed by atoms with Gasteiger partial charge in [-0.3, -0.25) is 0 Å². The molecule has 0 atom stereocenters. The fourth-order valence-electron chi connectivity index (χ4n) is 4.83. The Hall–Kier alpha value is -3.12. The van der Waals surface area contributed by atoms with Crippen LogP contribution in [-0.2, 0) is 9.84 Å². The van der Waals surface area contributed by atoms with Gasteiger partial charge in [0.1, 0.15) is 10.8 Å². The second-order valence-electron chi connectivity index (χ2n) is 11.7. The molecule has 0 amide bonds. The summed E-state index contributed by atoms with van der Waals surface area (Å²) < 4.78 is 31.8. The van der Waals surface area contributed by atoms with E-state index in [2.05, 4.69) is 20.6 Å². The highest BCUT2D eigenvalue weighted by atomic mass is 35.5. The number of nitrogens with zero attached hydrogens (tertiary/aromatic N) is 2. The zero-order valence-corrected chi connectivity index (χ0v) is 26.2. The van der Waals surface area contributed by atoms with E-state index in [0.717, 1.165) is 0 Å². The van der Waals surface area contributed by atoms with E-state index >= 15 is 0 Å². The Balaban J connectivity index is 1.71. The van der Waals surface area contributed by atoms with Crippen LogP contribution in [0.25, 0.3) is 0 Å². The molecule has 2 heterocycles. The largest absolute Gasteiger partial charge is 0.461 e. The minimum Gasteiger partial charge on any atom is -0.461 e. The maximum Gasteiger partial charge on any atom is 0.229 e. The summed E-state index contributed by atoms with van der Waals surface area (Å²) in [6, 6.07) is 9.10. The van der Waals surface area contributed by atoms with E-state index in [9.17, 15) is 39.1 Å². The maximum atomic E-state index is 13.0. The smallest absolute Gasteiger partial charge is 0.229 e. The third-order valence-corrected chi connectivity index (χ3v) is 9.24. The highest BCUT2D eigenvalue weighted by Crippen LogP contribution is 2.42. The van der Waals surface area contributed by atoms with Gasteiger partial charge in [-0.1, -0.05) is 23.7 Å². The molecule has 0 spiro atoms. The summed E-state index contributed by atoms with van der Waals surface area (Å²) >= 11 is 6.34. The van der Waals surface area contributed by atoms with Crippen molar-refractivity contribution in [3.05, 3.63) is 58.7 Å². The molecule has 0 unspecified atom stereocenters. The van der Waals surface area contributed by atoms with Crippen LogP contribution in [0.15, 0.2) is 47.5 Å². The quantitative estimate of drug-likeness (QED) is 0.151. The van der Waals surface area contributed by atoms with Gasteiger partial charge in [-0.05, 0) is 62.1 Å². The van der Waals surface area contributed by atoms with Crippen molar-refractivity contribution in [1.82, 2.24) is 15.3 Å². The lowest BCUT2D eigenvalue weighted by Crippen LogP contribution is -2.63. The molecule has 0 bridgehead atoms. The van der Waals surface area contributed by atoms with Crippen LogP contribution in [-0.4, -0.2) is 71.6 Å². The SMILES string of the molecule is Cc1cc(Nc2ncc(Cl)c(Nc3ccccc3S(=O)(=O)C(C)(C)O)n2)c(OC(C)(C)O)cc1C1CC(O)(O)NC(O)(O)C1. The van der Waals surface area contributed by atoms with Crippen molar-refractivity contribution < 1.29 is 43.8 Å². The molecule has 0 radical (unpaired) electrons. The lowest BCUT2D eigenvalue weighted by atomic mass is 9.83. The third-order valence-electron chi connectivity index (χ3n) is 6.71. The van der Waals surface area contributed by atoms with Crippen molar-refractivity contribution >= 4 is 44.6 Å². The molecule has 16 heteroatoms. The number of aliphatic hydroxyl groups is 6. The Morgan fingerprint density at radius 2 is 1.61 bits per heavy atom. The number of sulfone groups is 1. The van der Waals surface area contributed by atoms with Crippen molar-refractivity contribution in [2.45, 2.75) is 80.8 Å². The highest BCUT2D eigenvalue weighted by molar-refractivity contribution is 7.92. The van der Waals surface area contributed by atoms with Gasteiger partial charge in [-0.25, -0.2) is 18.7 Å². The Kier molecular flexibility index (Phi) is 8.95. The molecular weight excluding hydrogens is 618 g/mol. The zero-order valence-electron chi connectivity index (χ0n) is 24.6. The molecule has 240 valence electrons. The average molecular weight is 654 g/mol. The summed E-state index contributed by atoms with van der Waals surface area (Å²) in [6.07, 6.45) is 0.736. The molecule has 14 nitrogen and oxygen atoms in total. The first kappa shape index (κ1) is 33.8. The van der Waals surface area contributed by atoms with Crippen LogP contribution in [0.3, 0.4) is 0 Å². The molecule has 44 heavy (non-hydrogen) atoms. The lowest BCUT2D eigenvalue weighted by molar-refractivity contribution is -0.313. The van der Waals surface area contributed by atoms with Crippen molar-refractivity contribution in [3.63, 3.8) is 0 Å². The van der Waals surface area contributed by atoms with Crippen LogP contribution in [0, 0.1) is 6.92 Å². The molecule has 0 saturated carbocycles. The summed E-state index contributed by atoms with van der Waals surface area (Å²) in [7, 11) is -4.17. The molecule has 0 aliphatic carbocycles. The summed E-state index contributed by atoms with van der Waals surface area (Å²) in [4.78, 5) is 6.34. The molecule has 1 saturated heterocycles. The number of hydrogen-bond acceptors (Lipinski definition) is 14. The second-order valence-corrected chi connectivity index (χ2v) is 14.6. The fraction of sp³-hybridized carbons (Fsp3) is 0.429. The van der Waals surface area contributed by atoms with Crippen LogP contribution in [0.2, 0.25) is 5.02 Å². The van der Waals surface area contributed by atoms with E-state index in [1.807, 2.05) is 5.32 Å². The molecule has 1 aromatic heterocycles. The predicted octanol–water partition coefficient (Wildman–Crippen LogP) is 2.28. The summed E-state index contributed by atoms with van der Waals surface area (Å²) in [5.41, 5.74) is 1.51. The van der Waals surface area contributed by atoms with Crippen LogP contribution in [0.4, 0.5) is 23.1 Å². The summed E-state index contributed by atoms with van der Waals surface area (Å²) in [5.74, 6) is -7.35. The van der Waals surface area contributed by atoms with E-state index in [1.54, 1.807) is 19.1 Å². The Morgan fingerprint density at radius 3 is 2.20 bits per heavy atom. The van der Waals surface area contributed by atoms with Gasteiger partial charge in [0, 0.05) is 26.7 Å². The van der Waals surface area contributed by atoms with E-state index in [4.69, 9.17) is 16.3 Å². The van der Waals surface area contributed by atoms with Crippen LogP contribution in [0.5, 0.6) is 5.75 Å². The highest BCUT2D eigenvalue weighted by Gasteiger charge is 2.45. The number of ether oxygens (including phenoxy) is 1. The van der Waals surface area contributed by atoms with Gasteiger partial charge in [0.25, 0.3) is 0 Å². The van der Waals surface area contributed by atoms with Crippen LogP contribution < -0.4 is 20.7 Å². The number of hydrogen-bond donors (Lipinski definition) is 9. The Bertz CT molecular complexity index is 1640. The Morgan fingerprint density at radius 1 is 1.00 bits per heavy atom. The van der Waals surface area contributed by atoms with Gasteiger partial charge in [0.05, 0.1) is 22.5 Å². The van der Waals surface area contributed by atoms with Crippen molar-refractivity contribution in [2.75, 3.05) is 10.6 Å². The predicted molar refractivity (Wildman–Crippen MR) is 161 cm³/mol. The first-order chi connectivity index (χ1) is 20.1. The molecule has 3 aromatic rings.